The van der Waals surface area contributed by atoms with E-state index in [9.17, 15) is 4.79 Å². The standard InChI is InChI=1S/C14H16N2O/c1-8-5-6-12(7-9(8)2)13-10(3)14(17)16-11(4)15-13/h5-7H,1-4H3,(H,15,16,17). The van der Waals surface area contributed by atoms with Gasteiger partial charge in [0.1, 0.15) is 5.82 Å². The van der Waals surface area contributed by atoms with Gasteiger partial charge in [-0.3, -0.25) is 4.79 Å². The zero-order valence-corrected chi connectivity index (χ0v) is 10.6. The van der Waals surface area contributed by atoms with Crippen molar-refractivity contribution < 1.29 is 0 Å². The molecule has 0 radical (unpaired) electrons. The van der Waals surface area contributed by atoms with E-state index in [1.807, 2.05) is 6.07 Å². The maximum atomic E-state index is 11.7. The van der Waals surface area contributed by atoms with Crippen LogP contribution >= 0.6 is 0 Å². The summed E-state index contributed by atoms with van der Waals surface area (Å²) >= 11 is 0. The summed E-state index contributed by atoms with van der Waals surface area (Å²) in [6.45, 7) is 7.73. The van der Waals surface area contributed by atoms with E-state index in [4.69, 9.17) is 0 Å². The highest BCUT2D eigenvalue weighted by molar-refractivity contribution is 5.63. The number of nitrogens with one attached hydrogen (secondary N) is 1. The number of hydrogen-bond donors (Lipinski definition) is 1. The van der Waals surface area contributed by atoms with Gasteiger partial charge >= 0.3 is 0 Å². The molecule has 0 fully saturated rings. The van der Waals surface area contributed by atoms with Crippen molar-refractivity contribution in [1.29, 1.82) is 0 Å². The van der Waals surface area contributed by atoms with Crippen molar-refractivity contribution in [2.75, 3.05) is 0 Å². The first kappa shape index (κ1) is 11.6. The van der Waals surface area contributed by atoms with Gasteiger partial charge in [0.15, 0.2) is 0 Å². The summed E-state index contributed by atoms with van der Waals surface area (Å²) in [5, 5.41) is 0. The Hall–Kier alpha value is -1.90. The third kappa shape index (κ3) is 2.13. The van der Waals surface area contributed by atoms with E-state index >= 15 is 0 Å². The molecular formula is C14H16N2O. The van der Waals surface area contributed by atoms with Gasteiger partial charge in [0.05, 0.1) is 5.69 Å². The zero-order chi connectivity index (χ0) is 12.6. The van der Waals surface area contributed by atoms with E-state index in [1.54, 1.807) is 13.8 Å². The summed E-state index contributed by atoms with van der Waals surface area (Å²) in [6, 6.07) is 6.14. The fourth-order valence-corrected chi connectivity index (χ4v) is 1.81. The molecule has 17 heavy (non-hydrogen) atoms. The van der Waals surface area contributed by atoms with Crippen LogP contribution in [0.2, 0.25) is 0 Å². The molecule has 0 amide bonds. The molecule has 88 valence electrons. The molecule has 1 aromatic carbocycles. The summed E-state index contributed by atoms with van der Waals surface area (Å²) in [7, 11) is 0. The average Bonchev–Trinajstić information content (AvgIpc) is 2.27. The quantitative estimate of drug-likeness (QED) is 0.815. The number of hydrogen-bond acceptors (Lipinski definition) is 2. The lowest BCUT2D eigenvalue weighted by atomic mass is 10.0. The number of aryl methyl sites for hydroxylation is 3. The van der Waals surface area contributed by atoms with E-state index in [0.717, 1.165) is 11.3 Å². The van der Waals surface area contributed by atoms with Crippen molar-refractivity contribution in [1.82, 2.24) is 9.97 Å². The first-order valence-corrected chi connectivity index (χ1v) is 5.64. The second kappa shape index (κ2) is 4.17. The van der Waals surface area contributed by atoms with Crippen LogP contribution in [0, 0.1) is 27.7 Å². The minimum absolute atomic E-state index is 0.0641. The lowest BCUT2D eigenvalue weighted by Crippen LogP contribution is -2.14. The second-order valence-corrected chi connectivity index (χ2v) is 4.42. The molecule has 2 aromatic rings. The smallest absolute Gasteiger partial charge is 0.254 e. The lowest BCUT2D eigenvalue weighted by molar-refractivity contribution is 0.999. The molecule has 0 saturated carbocycles. The molecule has 0 aliphatic heterocycles. The third-order valence-electron chi connectivity index (χ3n) is 3.05. The highest BCUT2D eigenvalue weighted by Gasteiger charge is 2.08. The Labute approximate surface area is 101 Å². The van der Waals surface area contributed by atoms with Crippen LogP contribution in [-0.2, 0) is 0 Å². The molecule has 1 aromatic heterocycles. The van der Waals surface area contributed by atoms with Crippen LogP contribution in [0.5, 0.6) is 0 Å². The van der Waals surface area contributed by atoms with Gasteiger partial charge in [-0.15, -0.1) is 0 Å². The highest BCUT2D eigenvalue weighted by atomic mass is 16.1. The highest BCUT2D eigenvalue weighted by Crippen LogP contribution is 2.21. The number of nitrogens with zero attached hydrogens (tertiary/aromatic N) is 1. The molecule has 0 aliphatic rings. The summed E-state index contributed by atoms with van der Waals surface area (Å²) in [5.41, 5.74) is 4.83. The summed E-state index contributed by atoms with van der Waals surface area (Å²) in [6.07, 6.45) is 0. The van der Waals surface area contributed by atoms with Crippen LogP contribution in [0.4, 0.5) is 0 Å². The fraction of sp³-hybridized carbons (Fsp3) is 0.286. The van der Waals surface area contributed by atoms with Crippen LogP contribution in [0.25, 0.3) is 11.3 Å². The van der Waals surface area contributed by atoms with Crippen LogP contribution in [0.1, 0.15) is 22.5 Å². The van der Waals surface area contributed by atoms with Crippen molar-refractivity contribution in [3.05, 3.63) is 51.1 Å². The van der Waals surface area contributed by atoms with Gasteiger partial charge in [-0.2, -0.15) is 0 Å². The first-order valence-electron chi connectivity index (χ1n) is 5.64. The van der Waals surface area contributed by atoms with E-state index in [0.29, 0.717) is 11.4 Å². The maximum Gasteiger partial charge on any atom is 0.254 e. The molecule has 3 heteroatoms. The Morgan fingerprint density at radius 2 is 1.76 bits per heavy atom. The minimum Gasteiger partial charge on any atom is -0.311 e. The molecule has 1 heterocycles. The molecular weight excluding hydrogens is 212 g/mol. The molecule has 0 atom stereocenters. The molecule has 0 spiro atoms. The van der Waals surface area contributed by atoms with Crippen LogP contribution in [0.15, 0.2) is 23.0 Å². The van der Waals surface area contributed by atoms with Gasteiger partial charge in [-0.1, -0.05) is 12.1 Å². The van der Waals surface area contributed by atoms with Crippen LogP contribution in [0.3, 0.4) is 0 Å². The number of benzene rings is 1. The van der Waals surface area contributed by atoms with Crippen molar-refractivity contribution in [3.8, 4) is 11.3 Å². The zero-order valence-electron chi connectivity index (χ0n) is 10.6. The second-order valence-electron chi connectivity index (χ2n) is 4.42. The Morgan fingerprint density at radius 3 is 2.41 bits per heavy atom. The molecule has 1 N–H and O–H groups in total. The maximum absolute atomic E-state index is 11.7. The van der Waals surface area contributed by atoms with Gasteiger partial charge in [-0.05, 0) is 44.9 Å². The molecule has 0 unspecified atom stereocenters. The fourth-order valence-electron chi connectivity index (χ4n) is 1.81. The van der Waals surface area contributed by atoms with E-state index < -0.39 is 0 Å². The van der Waals surface area contributed by atoms with Gasteiger partial charge in [0.25, 0.3) is 5.56 Å². The largest absolute Gasteiger partial charge is 0.311 e. The normalized spacial score (nSPS) is 10.6. The predicted octanol–water partition coefficient (Wildman–Crippen LogP) is 2.67. The summed E-state index contributed by atoms with van der Waals surface area (Å²) < 4.78 is 0. The Kier molecular flexibility index (Phi) is 2.84. The minimum atomic E-state index is -0.0641. The van der Waals surface area contributed by atoms with E-state index in [2.05, 4.69) is 35.9 Å². The topological polar surface area (TPSA) is 45.8 Å². The van der Waals surface area contributed by atoms with Gasteiger partial charge in [-0.25, -0.2) is 4.98 Å². The Bertz CT molecular complexity index is 627. The third-order valence-corrected chi connectivity index (χ3v) is 3.05. The van der Waals surface area contributed by atoms with Crippen molar-refractivity contribution in [2.24, 2.45) is 0 Å². The van der Waals surface area contributed by atoms with E-state index in [-0.39, 0.29) is 5.56 Å². The first-order chi connectivity index (χ1) is 7.99. The SMILES string of the molecule is Cc1nc(-c2ccc(C)c(C)c2)c(C)c(=O)[nH]1. The summed E-state index contributed by atoms with van der Waals surface area (Å²) in [4.78, 5) is 18.8. The molecule has 0 saturated heterocycles. The number of H-pyrrole nitrogens is 1. The Balaban J connectivity index is 2.68. The molecule has 2 rings (SSSR count). The number of aromatic amines is 1. The van der Waals surface area contributed by atoms with Gasteiger partial charge in [0.2, 0.25) is 0 Å². The van der Waals surface area contributed by atoms with Crippen molar-refractivity contribution >= 4 is 0 Å². The molecule has 0 aliphatic carbocycles. The van der Waals surface area contributed by atoms with Crippen LogP contribution < -0.4 is 5.56 Å². The number of aromatic nitrogens is 2. The predicted molar refractivity (Wildman–Crippen MR) is 69.2 cm³/mol. The van der Waals surface area contributed by atoms with E-state index in [1.165, 1.54) is 11.1 Å². The molecule has 3 nitrogen and oxygen atoms in total. The van der Waals surface area contributed by atoms with Gasteiger partial charge in [0, 0.05) is 11.1 Å². The average molecular weight is 228 g/mol. The monoisotopic (exact) mass is 228 g/mol. The van der Waals surface area contributed by atoms with Crippen LogP contribution in [-0.4, -0.2) is 9.97 Å². The van der Waals surface area contributed by atoms with Gasteiger partial charge < -0.3 is 4.98 Å². The number of rotatable bonds is 1. The Morgan fingerprint density at radius 1 is 1.06 bits per heavy atom. The van der Waals surface area contributed by atoms with Crippen molar-refractivity contribution in [2.45, 2.75) is 27.7 Å². The summed E-state index contributed by atoms with van der Waals surface area (Å²) in [5.74, 6) is 0.647. The van der Waals surface area contributed by atoms with Crippen molar-refractivity contribution in [3.63, 3.8) is 0 Å². The molecule has 0 bridgehead atoms. The lowest BCUT2D eigenvalue weighted by Gasteiger charge is -2.08.